The lowest BCUT2D eigenvalue weighted by Crippen LogP contribution is -2.33. The number of carbonyl (C=O) groups excluding carboxylic acids is 1. The van der Waals surface area contributed by atoms with Gasteiger partial charge in [0, 0.05) is 30.9 Å². The number of esters is 1. The molecule has 1 aromatic heterocycles. The second-order valence-corrected chi connectivity index (χ2v) is 6.87. The quantitative estimate of drug-likeness (QED) is 0.806. The van der Waals surface area contributed by atoms with Gasteiger partial charge in [0.05, 0.1) is 6.10 Å². The van der Waals surface area contributed by atoms with Crippen LogP contribution in [-0.2, 0) is 4.74 Å². The van der Waals surface area contributed by atoms with E-state index in [1.54, 1.807) is 6.20 Å². The van der Waals surface area contributed by atoms with Gasteiger partial charge in [0.2, 0.25) is 0 Å². The largest absolute Gasteiger partial charge is 0.459 e. The number of hydrogen-bond acceptors (Lipinski definition) is 5. The number of hydrogen-bond donors (Lipinski definition) is 1. The lowest BCUT2D eigenvalue weighted by atomic mass is 10.0. The smallest absolute Gasteiger partial charge is 0.342 e. The average molecular weight is 353 g/mol. The Labute approximate surface area is 155 Å². The minimum Gasteiger partial charge on any atom is -0.459 e. The van der Waals surface area contributed by atoms with Crippen LogP contribution in [0.25, 0.3) is 11.1 Å². The Hall–Kier alpha value is -2.40. The maximum Gasteiger partial charge on any atom is 0.342 e. The van der Waals surface area contributed by atoms with Crippen LogP contribution in [0, 0.1) is 0 Å². The Morgan fingerprint density at radius 2 is 2.08 bits per heavy atom. The van der Waals surface area contributed by atoms with Crippen LogP contribution in [0.4, 0.5) is 5.82 Å². The topological polar surface area (TPSA) is 54.5 Å². The van der Waals surface area contributed by atoms with Crippen molar-refractivity contribution in [3.05, 3.63) is 48.2 Å². The Bertz CT molecular complexity index is 746. The fourth-order valence-electron chi connectivity index (χ4n) is 3.43. The van der Waals surface area contributed by atoms with Crippen LogP contribution in [0.15, 0.2) is 42.6 Å². The molecule has 0 radical (unpaired) electrons. The maximum atomic E-state index is 12.9. The number of likely N-dealkylation sites (N-methyl/N-ethyl adjacent to an activating group) is 1. The molecule has 0 aliphatic carbocycles. The molecule has 1 atom stereocenters. The van der Waals surface area contributed by atoms with Gasteiger partial charge < -0.3 is 15.0 Å². The van der Waals surface area contributed by atoms with E-state index in [0.717, 1.165) is 43.0 Å². The van der Waals surface area contributed by atoms with E-state index in [0.29, 0.717) is 11.6 Å². The minimum atomic E-state index is -0.311. The van der Waals surface area contributed by atoms with Gasteiger partial charge in [-0.3, -0.25) is 0 Å². The molecule has 1 saturated heterocycles. The van der Waals surface area contributed by atoms with Gasteiger partial charge in [-0.15, -0.1) is 0 Å². The third-order valence-corrected chi connectivity index (χ3v) is 4.54. The summed E-state index contributed by atoms with van der Waals surface area (Å²) >= 11 is 0. The number of pyridine rings is 1. The zero-order chi connectivity index (χ0) is 18.5. The maximum absolute atomic E-state index is 12.9. The van der Waals surface area contributed by atoms with E-state index in [-0.39, 0.29) is 12.1 Å². The molecule has 0 spiro atoms. The highest BCUT2D eigenvalue weighted by Gasteiger charge is 2.29. The molecule has 5 nitrogen and oxygen atoms in total. The summed E-state index contributed by atoms with van der Waals surface area (Å²) in [6, 6.07) is 12.3. The number of nitrogens with one attached hydrogen (secondary N) is 1. The van der Waals surface area contributed by atoms with Crippen LogP contribution in [-0.4, -0.2) is 42.7 Å². The van der Waals surface area contributed by atoms with Crippen LogP contribution in [0.2, 0.25) is 0 Å². The van der Waals surface area contributed by atoms with Crippen LogP contribution in [0.3, 0.4) is 0 Å². The highest BCUT2D eigenvalue weighted by molar-refractivity contribution is 6.02. The first kappa shape index (κ1) is 18.4. The molecule has 138 valence electrons. The molecule has 0 saturated carbocycles. The van der Waals surface area contributed by atoms with Crippen molar-refractivity contribution in [1.29, 1.82) is 0 Å². The summed E-state index contributed by atoms with van der Waals surface area (Å²) in [5.74, 6) is 0.409. The SMILES string of the molecule is CCN[C@@H]1CCN(c2nccc(-c3ccccc3)c2C(=O)OC(C)C)C1. The normalized spacial score (nSPS) is 16.9. The van der Waals surface area contributed by atoms with Crippen molar-refractivity contribution in [2.75, 3.05) is 24.5 Å². The Morgan fingerprint density at radius 1 is 1.31 bits per heavy atom. The molecule has 1 aromatic carbocycles. The molecule has 0 unspecified atom stereocenters. The van der Waals surface area contributed by atoms with E-state index in [1.165, 1.54) is 0 Å². The van der Waals surface area contributed by atoms with E-state index in [9.17, 15) is 4.79 Å². The van der Waals surface area contributed by atoms with Crippen LogP contribution in [0.5, 0.6) is 0 Å². The molecule has 5 heteroatoms. The van der Waals surface area contributed by atoms with E-state index in [4.69, 9.17) is 4.74 Å². The second-order valence-electron chi connectivity index (χ2n) is 6.87. The highest BCUT2D eigenvalue weighted by Crippen LogP contribution is 2.32. The molecule has 1 fully saturated rings. The second kappa shape index (κ2) is 8.32. The number of ether oxygens (including phenoxy) is 1. The number of anilines is 1. The summed E-state index contributed by atoms with van der Waals surface area (Å²) < 4.78 is 5.55. The van der Waals surface area contributed by atoms with Crippen LogP contribution in [0.1, 0.15) is 37.6 Å². The lowest BCUT2D eigenvalue weighted by molar-refractivity contribution is 0.0379. The number of rotatable bonds is 6. The van der Waals surface area contributed by atoms with Gasteiger partial charge in [0.25, 0.3) is 0 Å². The Morgan fingerprint density at radius 3 is 2.77 bits per heavy atom. The summed E-state index contributed by atoms with van der Waals surface area (Å²) in [7, 11) is 0. The van der Waals surface area contributed by atoms with Gasteiger partial charge in [-0.25, -0.2) is 9.78 Å². The molecule has 1 aliphatic heterocycles. The molecule has 2 heterocycles. The van der Waals surface area contributed by atoms with Gasteiger partial charge >= 0.3 is 5.97 Å². The molecule has 0 amide bonds. The minimum absolute atomic E-state index is 0.174. The lowest BCUT2D eigenvalue weighted by Gasteiger charge is -2.23. The summed E-state index contributed by atoms with van der Waals surface area (Å²) in [4.78, 5) is 19.7. The van der Waals surface area contributed by atoms with E-state index in [2.05, 4.69) is 22.1 Å². The van der Waals surface area contributed by atoms with Gasteiger partial charge in [-0.05, 0) is 38.4 Å². The van der Waals surface area contributed by atoms with Crippen molar-refractivity contribution < 1.29 is 9.53 Å². The molecule has 1 N–H and O–H groups in total. The zero-order valence-corrected chi connectivity index (χ0v) is 15.7. The summed E-state index contributed by atoms with van der Waals surface area (Å²) in [6.45, 7) is 8.52. The molecular formula is C21H27N3O2. The van der Waals surface area contributed by atoms with Crippen molar-refractivity contribution in [1.82, 2.24) is 10.3 Å². The molecule has 2 aromatic rings. The molecule has 0 bridgehead atoms. The Kier molecular flexibility index (Phi) is 5.89. The summed E-state index contributed by atoms with van der Waals surface area (Å²) in [5, 5.41) is 3.49. The van der Waals surface area contributed by atoms with E-state index >= 15 is 0 Å². The van der Waals surface area contributed by atoms with Crippen molar-refractivity contribution in [3.8, 4) is 11.1 Å². The first-order valence-electron chi connectivity index (χ1n) is 9.34. The highest BCUT2D eigenvalue weighted by atomic mass is 16.5. The first-order chi connectivity index (χ1) is 12.6. The number of aromatic nitrogens is 1. The van der Waals surface area contributed by atoms with Gasteiger partial charge in [0.1, 0.15) is 11.4 Å². The molecule has 1 aliphatic rings. The fraction of sp³-hybridized carbons (Fsp3) is 0.429. The Balaban J connectivity index is 2.02. The van der Waals surface area contributed by atoms with Gasteiger partial charge in [-0.2, -0.15) is 0 Å². The van der Waals surface area contributed by atoms with Crippen molar-refractivity contribution in [2.45, 2.75) is 39.3 Å². The van der Waals surface area contributed by atoms with Crippen molar-refractivity contribution in [2.24, 2.45) is 0 Å². The van der Waals surface area contributed by atoms with E-state index < -0.39 is 0 Å². The first-order valence-corrected chi connectivity index (χ1v) is 9.34. The predicted octanol–water partition coefficient (Wildman–Crippen LogP) is 3.50. The summed E-state index contributed by atoms with van der Waals surface area (Å²) in [5.41, 5.74) is 2.42. The van der Waals surface area contributed by atoms with Gasteiger partial charge in [-0.1, -0.05) is 37.3 Å². The third-order valence-electron chi connectivity index (χ3n) is 4.54. The standard InChI is InChI=1S/C21H27N3O2/c1-4-22-17-11-13-24(14-17)20-19(21(25)26-15(2)3)18(10-12-23-20)16-8-6-5-7-9-16/h5-10,12,15,17,22H,4,11,13-14H2,1-3H3/t17-/m1/s1. The molecule has 26 heavy (non-hydrogen) atoms. The van der Waals surface area contributed by atoms with E-state index in [1.807, 2.05) is 50.2 Å². The average Bonchev–Trinajstić information content (AvgIpc) is 3.10. The predicted molar refractivity (Wildman–Crippen MR) is 105 cm³/mol. The number of carbonyl (C=O) groups is 1. The molecule has 3 rings (SSSR count). The monoisotopic (exact) mass is 353 g/mol. The number of benzene rings is 1. The van der Waals surface area contributed by atoms with Crippen molar-refractivity contribution in [3.63, 3.8) is 0 Å². The number of nitrogens with zero attached hydrogens (tertiary/aromatic N) is 2. The summed E-state index contributed by atoms with van der Waals surface area (Å²) in [6.07, 6.45) is 2.65. The van der Waals surface area contributed by atoms with Crippen molar-refractivity contribution >= 4 is 11.8 Å². The van der Waals surface area contributed by atoms with Crippen LogP contribution >= 0.6 is 0 Å². The fourth-order valence-corrected chi connectivity index (χ4v) is 3.43. The zero-order valence-electron chi connectivity index (χ0n) is 15.7. The molecular weight excluding hydrogens is 326 g/mol. The van der Waals surface area contributed by atoms with Gasteiger partial charge in [0.15, 0.2) is 0 Å². The third kappa shape index (κ3) is 4.05. The van der Waals surface area contributed by atoms with Crippen LogP contribution < -0.4 is 10.2 Å².